The van der Waals surface area contributed by atoms with Crippen LogP contribution in [0.3, 0.4) is 0 Å². The highest BCUT2D eigenvalue weighted by Crippen LogP contribution is 2.16. The van der Waals surface area contributed by atoms with Gasteiger partial charge in [-0.2, -0.15) is 0 Å². The molecule has 0 saturated carbocycles. The molecule has 0 aliphatic carbocycles. The van der Waals surface area contributed by atoms with Crippen molar-refractivity contribution in [3.63, 3.8) is 0 Å². The molecule has 0 rings (SSSR count). The number of ether oxygens (including phenoxy) is 3. The van der Waals surface area contributed by atoms with Crippen LogP contribution in [0.1, 0.15) is 316 Å². The van der Waals surface area contributed by atoms with Gasteiger partial charge in [0.15, 0.2) is 6.10 Å². The maximum atomic E-state index is 12.9. The van der Waals surface area contributed by atoms with Crippen LogP contribution < -0.4 is 0 Å². The highest BCUT2D eigenvalue weighted by Gasteiger charge is 2.19. The summed E-state index contributed by atoms with van der Waals surface area (Å²) < 4.78 is 16.9. The first kappa shape index (κ1) is 75.1. The molecular formula is C73H124O6. The molecule has 0 aliphatic heterocycles. The molecule has 0 bridgehead atoms. The van der Waals surface area contributed by atoms with E-state index in [1.807, 2.05) is 0 Å². The van der Waals surface area contributed by atoms with Gasteiger partial charge in [-0.15, -0.1) is 0 Å². The van der Waals surface area contributed by atoms with E-state index in [4.69, 9.17) is 14.2 Å². The van der Waals surface area contributed by atoms with Gasteiger partial charge in [-0.05, 0) is 122 Å². The van der Waals surface area contributed by atoms with Crippen molar-refractivity contribution in [2.45, 2.75) is 322 Å². The molecule has 0 heterocycles. The molecule has 0 aromatic rings. The van der Waals surface area contributed by atoms with E-state index >= 15 is 0 Å². The molecule has 0 aliphatic rings. The molecule has 0 saturated heterocycles. The van der Waals surface area contributed by atoms with E-state index in [0.717, 1.165) is 128 Å². The van der Waals surface area contributed by atoms with E-state index in [1.54, 1.807) is 0 Å². The lowest BCUT2D eigenvalue weighted by molar-refractivity contribution is -0.167. The molecule has 1 atom stereocenters. The third-order valence-electron chi connectivity index (χ3n) is 14.2. The molecule has 0 aromatic carbocycles. The van der Waals surface area contributed by atoms with E-state index in [1.165, 1.54) is 148 Å². The Bertz CT molecular complexity index is 1590. The number of esters is 3. The molecule has 0 fully saturated rings. The van der Waals surface area contributed by atoms with E-state index < -0.39 is 6.10 Å². The minimum atomic E-state index is -0.794. The lowest BCUT2D eigenvalue weighted by Gasteiger charge is -2.18. The molecule has 0 N–H and O–H groups in total. The normalized spacial score (nSPS) is 12.8. The van der Waals surface area contributed by atoms with Crippen molar-refractivity contribution in [2.75, 3.05) is 13.2 Å². The number of carbonyl (C=O) groups is 3. The maximum Gasteiger partial charge on any atom is 0.306 e. The second-order valence-electron chi connectivity index (χ2n) is 22.0. The van der Waals surface area contributed by atoms with Gasteiger partial charge in [-0.3, -0.25) is 14.4 Å². The standard InChI is InChI=1S/C73H124O6/c1-4-7-10-13-16-19-22-24-26-28-30-32-33-34-35-36-37-38-39-41-42-44-46-48-51-54-57-60-63-66-72(75)78-69-70(68-77-71(74)65-62-59-56-53-50-21-18-15-12-9-6-3)79-73(76)67-64-61-58-55-52-49-47-45-43-40-31-29-27-25-23-20-17-14-11-8-5-2/h8,11,15,17-18,20,22,24-25,27-28,30-31,33-34,40,45,47,70H,4-7,9-10,12-14,16,19,21,23,26,29,32,35-39,41-44,46,48-69H2,1-3H3/b11-8-,18-15-,20-17-,24-22-,27-25-,30-28-,34-33-,40-31-,47-45-. The fourth-order valence-corrected chi connectivity index (χ4v) is 9.22. The van der Waals surface area contributed by atoms with Crippen molar-refractivity contribution in [1.82, 2.24) is 0 Å². The van der Waals surface area contributed by atoms with E-state index in [2.05, 4.69) is 130 Å². The highest BCUT2D eigenvalue weighted by molar-refractivity contribution is 5.71. The molecule has 79 heavy (non-hydrogen) atoms. The molecule has 452 valence electrons. The number of hydrogen-bond acceptors (Lipinski definition) is 6. The van der Waals surface area contributed by atoms with Gasteiger partial charge in [-0.25, -0.2) is 0 Å². The van der Waals surface area contributed by atoms with Gasteiger partial charge < -0.3 is 14.2 Å². The summed E-state index contributed by atoms with van der Waals surface area (Å²) in [6.07, 6.45) is 91.1. The van der Waals surface area contributed by atoms with Crippen LogP contribution in [-0.2, 0) is 28.6 Å². The van der Waals surface area contributed by atoms with E-state index in [-0.39, 0.29) is 31.1 Å². The molecule has 1 unspecified atom stereocenters. The largest absolute Gasteiger partial charge is 0.462 e. The predicted molar refractivity (Wildman–Crippen MR) is 343 cm³/mol. The third-order valence-corrected chi connectivity index (χ3v) is 14.2. The summed E-state index contributed by atoms with van der Waals surface area (Å²) in [4.78, 5) is 38.3. The lowest BCUT2D eigenvalue weighted by atomic mass is 10.0. The van der Waals surface area contributed by atoms with Gasteiger partial charge in [0.05, 0.1) is 0 Å². The molecule has 0 aromatic heterocycles. The first-order valence-electron chi connectivity index (χ1n) is 33.4. The quantitative estimate of drug-likeness (QED) is 0.0261. The maximum absolute atomic E-state index is 12.9. The zero-order chi connectivity index (χ0) is 57.1. The van der Waals surface area contributed by atoms with Gasteiger partial charge >= 0.3 is 17.9 Å². The van der Waals surface area contributed by atoms with Crippen LogP contribution in [0, 0.1) is 0 Å². The van der Waals surface area contributed by atoms with Gasteiger partial charge in [0, 0.05) is 19.3 Å². The first-order chi connectivity index (χ1) is 39.0. The topological polar surface area (TPSA) is 78.9 Å². The van der Waals surface area contributed by atoms with Gasteiger partial charge in [-0.1, -0.05) is 284 Å². The molecule has 0 radical (unpaired) electrons. The molecular weight excluding hydrogens is 973 g/mol. The second-order valence-corrected chi connectivity index (χ2v) is 22.0. The van der Waals surface area contributed by atoms with Crippen LogP contribution in [0.2, 0.25) is 0 Å². The summed E-state index contributed by atoms with van der Waals surface area (Å²) in [7, 11) is 0. The van der Waals surface area contributed by atoms with E-state index in [0.29, 0.717) is 19.3 Å². The minimum absolute atomic E-state index is 0.0888. The van der Waals surface area contributed by atoms with Crippen molar-refractivity contribution >= 4 is 17.9 Å². The summed E-state index contributed by atoms with van der Waals surface area (Å²) in [5.41, 5.74) is 0. The number of hydrogen-bond donors (Lipinski definition) is 0. The van der Waals surface area contributed by atoms with Crippen LogP contribution in [0.5, 0.6) is 0 Å². The summed E-state index contributed by atoms with van der Waals surface area (Å²) in [5.74, 6) is -0.911. The summed E-state index contributed by atoms with van der Waals surface area (Å²) in [6, 6.07) is 0. The van der Waals surface area contributed by atoms with Crippen LogP contribution >= 0.6 is 0 Å². The molecule has 0 spiro atoms. The number of unbranched alkanes of at least 4 members (excludes halogenated alkanes) is 31. The van der Waals surface area contributed by atoms with Crippen LogP contribution in [-0.4, -0.2) is 37.2 Å². The smallest absolute Gasteiger partial charge is 0.306 e. The Morgan fingerprint density at radius 3 is 0.823 bits per heavy atom. The summed E-state index contributed by atoms with van der Waals surface area (Å²) in [5, 5.41) is 0. The van der Waals surface area contributed by atoms with E-state index in [9.17, 15) is 14.4 Å². The Morgan fingerprint density at radius 2 is 0.506 bits per heavy atom. The van der Waals surface area contributed by atoms with Gasteiger partial charge in [0.2, 0.25) is 0 Å². The average Bonchev–Trinajstić information content (AvgIpc) is 3.45. The Morgan fingerprint density at radius 1 is 0.266 bits per heavy atom. The monoisotopic (exact) mass is 1100 g/mol. The minimum Gasteiger partial charge on any atom is -0.462 e. The Hall–Kier alpha value is -3.93. The Kier molecular flexibility index (Phi) is 63.3. The lowest BCUT2D eigenvalue weighted by Crippen LogP contribution is -2.30. The van der Waals surface area contributed by atoms with Crippen molar-refractivity contribution in [2.24, 2.45) is 0 Å². The van der Waals surface area contributed by atoms with Crippen molar-refractivity contribution < 1.29 is 28.6 Å². The van der Waals surface area contributed by atoms with Crippen molar-refractivity contribution in [3.05, 3.63) is 109 Å². The van der Waals surface area contributed by atoms with Crippen LogP contribution in [0.4, 0.5) is 0 Å². The van der Waals surface area contributed by atoms with Crippen LogP contribution in [0.15, 0.2) is 109 Å². The highest BCUT2D eigenvalue weighted by atomic mass is 16.6. The number of carbonyl (C=O) groups excluding carboxylic acids is 3. The SMILES string of the molecule is CC/C=C\C/C=C\C/C=C\C/C=C\C/C=C\CCCCCCCC(=O)OC(COC(=O)CCCCCCC/C=C\CCCC)COC(=O)CCCCCCCCCCCCCCCC/C=C\C/C=C\C/C=C\CCCCCCC. The molecule has 6 heteroatoms. The number of allylic oxidation sites excluding steroid dienone is 18. The van der Waals surface area contributed by atoms with Gasteiger partial charge in [0.25, 0.3) is 0 Å². The average molecular weight is 1100 g/mol. The zero-order valence-electron chi connectivity index (χ0n) is 51.9. The van der Waals surface area contributed by atoms with Crippen molar-refractivity contribution in [1.29, 1.82) is 0 Å². The second kappa shape index (κ2) is 66.6. The Balaban J connectivity index is 4.26. The predicted octanol–water partition coefficient (Wildman–Crippen LogP) is 23.0. The summed E-state index contributed by atoms with van der Waals surface area (Å²) >= 11 is 0. The zero-order valence-corrected chi connectivity index (χ0v) is 51.9. The molecule has 0 amide bonds. The summed E-state index contributed by atoms with van der Waals surface area (Å²) in [6.45, 7) is 6.47. The van der Waals surface area contributed by atoms with Crippen molar-refractivity contribution in [3.8, 4) is 0 Å². The fourth-order valence-electron chi connectivity index (χ4n) is 9.22. The van der Waals surface area contributed by atoms with Gasteiger partial charge in [0.1, 0.15) is 13.2 Å². The molecule has 6 nitrogen and oxygen atoms in total. The van der Waals surface area contributed by atoms with Crippen LogP contribution in [0.25, 0.3) is 0 Å². The Labute approximate surface area is 489 Å². The number of rotatable bonds is 60. The third kappa shape index (κ3) is 64.8. The fraction of sp³-hybridized carbons (Fsp3) is 0.712. The first-order valence-corrected chi connectivity index (χ1v) is 33.4.